The van der Waals surface area contributed by atoms with Gasteiger partial charge in [0.2, 0.25) is 0 Å². The Balaban J connectivity index is 1.25. The van der Waals surface area contributed by atoms with Crippen LogP contribution in [0, 0.1) is 30.4 Å². The Morgan fingerprint density at radius 2 is 1.54 bits per heavy atom. The summed E-state index contributed by atoms with van der Waals surface area (Å²) in [6.45, 7) is 3.25. The molecule has 0 bridgehead atoms. The van der Waals surface area contributed by atoms with Gasteiger partial charge in [-0.05, 0) is 87.2 Å². The molecule has 1 heterocycles. The van der Waals surface area contributed by atoms with E-state index in [1.807, 2.05) is 0 Å². The van der Waals surface area contributed by atoms with Crippen molar-refractivity contribution in [2.24, 2.45) is 11.8 Å². The van der Waals surface area contributed by atoms with Crippen molar-refractivity contribution < 1.29 is 18.3 Å². The van der Waals surface area contributed by atoms with E-state index in [1.165, 1.54) is 12.8 Å². The Kier molecular flexibility index (Phi) is 5.61. The SMILES string of the molecule is Cc1ccc(C2CCC(C3CCC(OCC4CO4)CC3)CC2)c(F)c1F. The molecule has 0 radical (unpaired) electrons. The van der Waals surface area contributed by atoms with E-state index in [0.29, 0.717) is 23.3 Å². The smallest absolute Gasteiger partial charge is 0.162 e. The second-order valence-corrected chi connectivity index (χ2v) is 8.54. The summed E-state index contributed by atoms with van der Waals surface area (Å²) in [4.78, 5) is 0. The first-order valence-corrected chi connectivity index (χ1v) is 10.3. The lowest BCUT2D eigenvalue weighted by atomic mass is 9.69. The predicted octanol–water partition coefficient (Wildman–Crippen LogP) is 5.52. The number of aryl methyl sites for hydroxylation is 1. The standard InChI is InChI=1S/C22H30F2O2/c1-14-2-11-20(22(24)21(14)23)17-5-3-15(4-6-17)16-7-9-18(10-8-16)25-12-19-13-26-19/h2,11,15-19H,3-10,12-13H2,1H3. The van der Waals surface area contributed by atoms with Crippen LogP contribution >= 0.6 is 0 Å². The van der Waals surface area contributed by atoms with Crippen LogP contribution < -0.4 is 0 Å². The number of epoxide rings is 1. The van der Waals surface area contributed by atoms with Crippen LogP contribution in [-0.4, -0.2) is 25.4 Å². The predicted molar refractivity (Wildman–Crippen MR) is 97.2 cm³/mol. The van der Waals surface area contributed by atoms with Gasteiger partial charge in [0.1, 0.15) is 6.10 Å². The molecule has 0 N–H and O–H groups in total. The molecule has 1 aromatic rings. The third kappa shape index (κ3) is 4.12. The van der Waals surface area contributed by atoms with Gasteiger partial charge in [-0.3, -0.25) is 0 Å². The number of hydrogen-bond donors (Lipinski definition) is 0. The van der Waals surface area contributed by atoms with Crippen LogP contribution in [0.5, 0.6) is 0 Å². The zero-order chi connectivity index (χ0) is 18.1. The molecule has 3 aliphatic rings. The Hall–Kier alpha value is -1.00. The molecular weight excluding hydrogens is 334 g/mol. The van der Waals surface area contributed by atoms with Crippen LogP contribution in [0.4, 0.5) is 8.78 Å². The Bertz CT molecular complexity index is 613. The van der Waals surface area contributed by atoms with Crippen LogP contribution in [0.25, 0.3) is 0 Å². The fourth-order valence-electron chi connectivity index (χ4n) is 5.01. The van der Waals surface area contributed by atoms with E-state index in [0.717, 1.165) is 63.6 Å². The molecule has 1 saturated heterocycles. The van der Waals surface area contributed by atoms with Gasteiger partial charge < -0.3 is 9.47 Å². The maximum Gasteiger partial charge on any atom is 0.162 e. The largest absolute Gasteiger partial charge is 0.375 e. The van der Waals surface area contributed by atoms with Crippen LogP contribution in [0.1, 0.15) is 68.4 Å². The number of hydrogen-bond acceptors (Lipinski definition) is 2. The molecule has 2 saturated carbocycles. The zero-order valence-corrected chi connectivity index (χ0v) is 15.7. The van der Waals surface area contributed by atoms with Crippen molar-refractivity contribution in [3.05, 3.63) is 34.9 Å². The molecule has 0 aromatic heterocycles. The normalized spacial score (nSPS) is 34.7. The quantitative estimate of drug-likeness (QED) is 0.642. The lowest BCUT2D eigenvalue weighted by Gasteiger charge is -2.38. The van der Waals surface area contributed by atoms with Gasteiger partial charge in [-0.2, -0.15) is 0 Å². The summed E-state index contributed by atoms with van der Waals surface area (Å²) in [7, 11) is 0. The molecule has 1 unspecified atom stereocenters. The summed E-state index contributed by atoms with van der Waals surface area (Å²) in [5.74, 6) is 0.426. The first kappa shape index (κ1) is 18.4. The van der Waals surface area contributed by atoms with E-state index < -0.39 is 11.6 Å². The molecule has 0 amide bonds. The first-order valence-electron chi connectivity index (χ1n) is 10.3. The third-order valence-corrected chi connectivity index (χ3v) is 6.82. The highest BCUT2D eigenvalue weighted by Gasteiger charge is 2.33. The van der Waals surface area contributed by atoms with Gasteiger partial charge >= 0.3 is 0 Å². The van der Waals surface area contributed by atoms with E-state index in [4.69, 9.17) is 9.47 Å². The first-order chi connectivity index (χ1) is 12.6. The highest BCUT2D eigenvalue weighted by molar-refractivity contribution is 5.28. The Morgan fingerprint density at radius 3 is 2.15 bits per heavy atom. The minimum absolute atomic E-state index is 0.180. The van der Waals surface area contributed by atoms with Gasteiger partial charge in [-0.1, -0.05) is 12.1 Å². The molecular formula is C22H30F2O2. The van der Waals surface area contributed by atoms with E-state index in [2.05, 4.69) is 0 Å². The van der Waals surface area contributed by atoms with Crippen molar-refractivity contribution in [2.75, 3.05) is 13.2 Å². The van der Waals surface area contributed by atoms with Gasteiger partial charge in [-0.25, -0.2) is 8.78 Å². The van der Waals surface area contributed by atoms with Gasteiger partial charge in [0.25, 0.3) is 0 Å². The summed E-state index contributed by atoms with van der Waals surface area (Å²) in [6, 6.07) is 3.51. The van der Waals surface area contributed by atoms with Gasteiger partial charge in [0.05, 0.1) is 19.3 Å². The van der Waals surface area contributed by atoms with Crippen molar-refractivity contribution in [3.63, 3.8) is 0 Å². The summed E-state index contributed by atoms with van der Waals surface area (Å²) >= 11 is 0. The number of ether oxygens (including phenoxy) is 2. The van der Waals surface area contributed by atoms with Gasteiger partial charge in [0.15, 0.2) is 11.6 Å². The molecule has 4 heteroatoms. The molecule has 26 heavy (non-hydrogen) atoms. The van der Waals surface area contributed by atoms with Crippen molar-refractivity contribution in [1.29, 1.82) is 0 Å². The van der Waals surface area contributed by atoms with E-state index >= 15 is 0 Å². The van der Waals surface area contributed by atoms with Gasteiger partial charge in [-0.15, -0.1) is 0 Å². The molecule has 2 nitrogen and oxygen atoms in total. The Labute approximate surface area is 155 Å². The molecule has 144 valence electrons. The maximum absolute atomic E-state index is 14.3. The fourth-order valence-corrected chi connectivity index (χ4v) is 5.01. The van der Waals surface area contributed by atoms with Crippen LogP contribution in [0.15, 0.2) is 12.1 Å². The second-order valence-electron chi connectivity index (χ2n) is 8.54. The van der Waals surface area contributed by atoms with Gasteiger partial charge in [0, 0.05) is 0 Å². The van der Waals surface area contributed by atoms with Crippen molar-refractivity contribution in [2.45, 2.75) is 76.4 Å². The second kappa shape index (κ2) is 7.93. The number of halogens is 2. The number of rotatable bonds is 5. The van der Waals surface area contributed by atoms with Crippen molar-refractivity contribution >= 4 is 0 Å². The summed E-state index contributed by atoms with van der Waals surface area (Å²) in [6.07, 6.45) is 9.85. The maximum atomic E-state index is 14.3. The van der Waals surface area contributed by atoms with Crippen LogP contribution in [0.2, 0.25) is 0 Å². The fraction of sp³-hybridized carbons (Fsp3) is 0.727. The third-order valence-electron chi connectivity index (χ3n) is 6.82. The van der Waals surface area contributed by atoms with Crippen molar-refractivity contribution in [3.8, 4) is 0 Å². The molecule has 1 aromatic carbocycles. The summed E-state index contributed by atoms with van der Waals surface area (Å²) in [5.41, 5.74) is 0.984. The number of benzene rings is 1. The summed E-state index contributed by atoms with van der Waals surface area (Å²) < 4.78 is 39.3. The average molecular weight is 364 g/mol. The molecule has 3 fully saturated rings. The average Bonchev–Trinajstić information content (AvgIpc) is 3.50. The van der Waals surface area contributed by atoms with Crippen molar-refractivity contribution in [1.82, 2.24) is 0 Å². The minimum atomic E-state index is -0.667. The molecule has 0 spiro atoms. The highest BCUT2D eigenvalue weighted by Crippen LogP contribution is 2.44. The lowest BCUT2D eigenvalue weighted by molar-refractivity contribution is 0.00131. The molecule has 2 aliphatic carbocycles. The zero-order valence-electron chi connectivity index (χ0n) is 15.7. The lowest BCUT2D eigenvalue weighted by Crippen LogP contribution is -2.29. The Morgan fingerprint density at radius 1 is 0.923 bits per heavy atom. The van der Waals surface area contributed by atoms with E-state index in [9.17, 15) is 8.78 Å². The van der Waals surface area contributed by atoms with E-state index in [-0.39, 0.29) is 5.92 Å². The highest BCUT2D eigenvalue weighted by atomic mass is 19.2. The molecule has 1 atom stereocenters. The van der Waals surface area contributed by atoms with Crippen LogP contribution in [0.3, 0.4) is 0 Å². The monoisotopic (exact) mass is 364 g/mol. The molecule has 4 rings (SSSR count). The van der Waals surface area contributed by atoms with E-state index in [1.54, 1.807) is 19.1 Å². The minimum Gasteiger partial charge on any atom is -0.375 e. The topological polar surface area (TPSA) is 21.8 Å². The summed E-state index contributed by atoms with van der Waals surface area (Å²) in [5, 5.41) is 0. The molecule has 1 aliphatic heterocycles. The van der Waals surface area contributed by atoms with Crippen LogP contribution in [-0.2, 0) is 9.47 Å².